The summed E-state index contributed by atoms with van der Waals surface area (Å²) in [6.07, 6.45) is 2.19. The van der Waals surface area contributed by atoms with Crippen LogP contribution in [0.2, 0.25) is 0 Å². The van der Waals surface area contributed by atoms with Crippen LogP contribution in [0.5, 0.6) is 0 Å². The molecule has 2 aromatic heterocycles. The van der Waals surface area contributed by atoms with E-state index in [4.69, 9.17) is 0 Å². The molecule has 7 aromatic rings. The van der Waals surface area contributed by atoms with E-state index in [0.717, 1.165) is 0 Å². The maximum atomic E-state index is 2.37. The highest BCUT2D eigenvalue weighted by atomic mass is 15.0. The van der Waals surface area contributed by atoms with Crippen LogP contribution >= 0.6 is 0 Å². The third-order valence-electron chi connectivity index (χ3n) is 6.52. The molecule has 0 atom stereocenters. The Bertz CT molecular complexity index is 1760. The zero-order valence-corrected chi connectivity index (χ0v) is 17.4. The van der Waals surface area contributed by atoms with Crippen molar-refractivity contribution in [2.75, 3.05) is 0 Å². The van der Waals surface area contributed by atoms with Crippen molar-refractivity contribution in [1.82, 2.24) is 9.13 Å². The summed E-state index contributed by atoms with van der Waals surface area (Å²) >= 11 is 0. The minimum atomic E-state index is 1.19. The third-order valence-corrected chi connectivity index (χ3v) is 6.52. The lowest BCUT2D eigenvalue weighted by molar-refractivity contribution is 1.14. The van der Waals surface area contributed by atoms with Crippen molar-refractivity contribution in [2.45, 2.75) is 0 Å². The zero-order chi connectivity index (χ0) is 21.1. The van der Waals surface area contributed by atoms with Crippen molar-refractivity contribution in [3.05, 3.63) is 121 Å². The van der Waals surface area contributed by atoms with E-state index in [1.54, 1.807) is 0 Å². The molecule has 0 N–H and O–H groups in total. The van der Waals surface area contributed by atoms with Gasteiger partial charge in [0.25, 0.3) is 0 Å². The standard InChI is InChI=1S/C30H20N2/c1-2-11-23(12-3-1)32-28-15-7-6-14-25(28)26-20-29-22(19-30(26)32)17-18-31(29)27-16-8-10-21-9-4-5-13-24(21)27/h1-20H. The largest absolute Gasteiger partial charge is 0.316 e. The van der Waals surface area contributed by atoms with E-state index >= 15 is 0 Å². The molecule has 7 rings (SSSR count). The molecule has 0 unspecified atom stereocenters. The molecule has 2 heteroatoms. The van der Waals surface area contributed by atoms with Gasteiger partial charge in [0.05, 0.1) is 22.2 Å². The van der Waals surface area contributed by atoms with E-state index in [0.29, 0.717) is 0 Å². The van der Waals surface area contributed by atoms with Crippen LogP contribution in [0.25, 0.3) is 54.9 Å². The van der Waals surface area contributed by atoms with E-state index in [1.165, 1.54) is 54.9 Å². The van der Waals surface area contributed by atoms with Crippen molar-refractivity contribution in [3.63, 3.8) is 0 Å². The van der Waals surface area contributed by atoms with Crippen LogP contribution in [0, 0.1) is 0 Å². The van der Waals surface area contributed by atoms with Crippen molar-refractivity contribution in [3.8, 4) is 11.4 Å². The van der Waals surface area contributed by atoms with E-state index in [2.05, 4.69) is 131 Å². The Morgan fingerprint density at radius 2 is 1.19 bits per heavy atom. The number of fused-ring (bicyclic) bond motifs is 5. The lowest BCUT2D eigenvalue weighted by Gasteiger charge is -2.10. The van der Waals surface area contributed by atoms with E-state index in [9.17, 15) is 0 Å². The third kappa shape index (κ3) is 2.41. The molecule has 0 aliphatic rings. The Balaban J connectivity index is 1.58. The summed E-state index contributed by atoms with van der Waals surface area (Å²) in [7, 11) is 0. The number of rotatable bonds is 2. The van der Waals surface area contributed by atoms with Gasteiger partial charge in [0.2, 0.25) is 0 Å². The summed E-state index contributed by atoms with van der Waals surface area (Å²) in [5, 5.41) is 6.31. The number of hydrogen-bond donors (Lipinski definition) is 0. The fourth-order valence-electron chi connectivity index (χ4n) is 5.08. The smallest absolute Gasteiger partial charge is 0.0548 e. The number of benzene rings is 5. The van der Waals surface area contributed by atoms with Gasteiger partial charge in [-0.15, -0.1) is 0 Å². The monoisotopic (exact) mass is 408 g/mol. The average molecular weight is 409 g/mol. The van der Waals surface area contributed by atoms with Gasteiger partial charge >= 0.3 is 0 Å². The number of nitrogens with zero attached hydrogens (tertiary/aromatic N) is 2. The maximum absolute atomic E-state index is 2.37. The molecule has 0 saturated heterocycles. The quantitative estimate of drug-likeness (QED) is 0.275. The molecule has 0 spiro atoms. The first-order chi connectivity index (χ1) is 15.9. The Hall–Kier alpha value is -4.30. The summed E-state index contributed by atoms with van der Waals surface area (Å²) < 4.78 is 4.70. The first kappa shape index (κ1) is 17.4. The molecule has 0 aliphatic carbocycles. The summed E-state index contributed by atoms with van der Waals surface area (Å²) in [4.78, 5) is 0. The van der Waals surface area contributed by atoms with Gasteiger partial charge in [0.1, 0.15) is 0 Å². The minimum Gasteiger partial charge on any atom is -0.316 e. The van der Waals surface area contributed by atoms with Gasteiger partial charge in [-0.1, -0.05) is 72.8 Å². The molecule has 0 bridgehead atoms. The van der Waals surface area contributed by atoms with Crippen LogP contribution in [-0.4, -0.2) is 9.13 Å². The van der Waals surface area contributed by atoms with Crippen LogP contribution < -0.4 is 0 Å². The fourth-order valence-corrected chi connectivity index (χ4v) is 5.08. The van der Waals surface area contributed by atoms with Gasteiger partial charge in [-0.25, -0.2) is 0 Å². The highest BCUT2D eigenvalue weighted by Gasteiger charge is 2.15. The molecule has 2 heterocycles. The Morgan fingerprint density at radius 1 is 0.438 bits per heavy atom. The summed E-state index contributed by atoms with van der Waals surface area (Å²) in [6.45, 7) is 0. The van der Waals surface area contributed by atoms with Crippen molar-refractivity contribution in [1.29, 1.82) is 0 Å². The number of hydrogen-bond acceptors (Lipinski definition) is 0. The summed E-state index contributed by atoms with van der Waals surface area (Å²) in [5.74, 6) is 0. The topological polar surface area (TPSA) is 9.86 Å². The second kappa shape index (κ2) is 6.60. The highest BCUT2D eigenvalue weighted by molar-refractivity contribution is 6.13. The van der Waals surface area contributed by atoms with Crippen LogP contribution in [0.4, 0.5) is 0 Å². The molecular weight excluding hydrogens is 388 g/mol. The summed E-state index contributed by atoms with van der Waals surface area (Å²) in [6, 6.07) is 41.4. The van der Waals surface area contributed by atoms with Gasteiger partial charge < -0.3 is 9.13 Å². The SMILES string of the molecule is c1ccc(-n2c3ccccc3c3cc4c(ccn4-c4cccc5ccccc45)cc32)cc1. The van der Waals surface area contributed by atoms with Crippen LogP contribution in [0.15, 0.2) is 121 Å². The number of aromatic nitrogens is 2. The second-order valence-electron chi connectivity index (χ2n) is 8.30. The van der Waals surface area contributed by atoms with Crippen LogP contribution in [-0.2, 0) is 0 Å². The molecule has 0 amide bonds. The zero-order valence-electron chi connectivity index (χ0n) is 17.4. The van der Waals surface area contributed by atoms with Gasteiger partial charge in [0, 0.05) is 33.4 Å². The average Bonchev–Trinajstić information content (AvgIpc) is 3.41. The number of para-hydroxylation sites is 2. The van der Waals surface area contributed by atoms with E-state index in [-0.39, 0.29) is 0 Å². The maximum Gasteiger partial charge on any atom is 0.0548 e. The fraction of sp³-hybridized carbons (Fsp3) is 0. The Kier molecular flexibility index (Phi) is 3.58. The minimum absolute atomic E-state index is 1.19. The molecule has 0 aliphatic heterocycles. The first-order valence-electron chi connectivity index (χ1n) is 11.0. The first-order valence-corrected chi connectivity index (χ1v) is 11.0. The lowest BCUT2D eigenvalue weighted by atomic mass is 10.1. The van der Waals surface area contributed by atoms with E-state index in [1.807, 2.05) is 0 Å². The van der Waals surface area contributed by atoms with Gasteiger partial charge in [-0.05, 0) is 47.9 Å². The molecule has 0 saturated carbocycles. The molecule has 32 heavy (non-hydrogen) atoms. The molecule has 0 fully saturated rings. The van der Waals surface area contributed by atoms with E-state index < -0.39 is 0 Å². The highest BCUT2D eigenvalue weighted by Crippen LogP contribution is 2.36. The van der Waals surface area contributed by atoms with Gasteiger partial charge in [-0.2, -0.15) is 0 Å². The molecule has 2 nitrogen and oxygen atoms in total. The lowest BCUT2D eigenvalue weighted by Crippen LogP contribution is -1.94. The van der Waals surface area contributed by atoms with Crippen molar-refractivity contribution in [2.24, 2.45) is 0 Å². The van der Waals surface area contributed by atoms with Crippen molar-refractivity contribution >= 4 is 43.5 Å². The van der Waals surface area contributed by atoms with Crippen LogP contribution in [0.3, 0.4) is 0 Å². The summed E-state index contributed by atoms with van der Waals surface area (Å²) in [5.41, 5.74) is 6.10. The molecule has 0 radical (unpaired) electrons. The predicted octanol–water partition coefficient (Wildman–Crippen LogP) is 7.88. The van der Waals surface area contributed by atoms with Gasteiger partial charge in [-0.3, -0.25) is 0 Å². The van der Waals surface area contributed by atoms with Crippen molar-refractivity contribution < 1.29 is 0 Å². The normalized spacial score (nSPS) is 11.8. The van der Waals surface area contributed by atoms with Crippen LogP contribution in [0.1, 0.15) is 0 Å². The molecular formula is C30H20N2. The second-order valence-corrected chi connectivity index (χ2v) is 8.30. The molecule has 5 aromatic carbocycles. The Labute approximate surface area is 185 Å². The molecule has 150 valence electrons. The predicted molar refractivity (Wildman–Crippen MR) is 135 cm³/mol. The van der Waals surface area contributed by atoms with Gasteiger partial charge in [0.15, 0.2) is 0 Å². The Morgan fingerprint density at radius 3 is 2.09 bits per heavy atom.